The van der Waals surface area contributed by atoms with Gasteiger partial charge in [-0.15, -0.1) is 11.3 Å². The molecule has 0 amide bonds. The van der Waals surface area contributed by atoms with Crippen molar-refractivity contribution < 1.29 is 9.53 Å². The van der Waals surface area contributed by atoms with E-state index in [-0.39, 0.29) is 12.0 Å². The van der Waals surface area contributed by atoms with Gasteiger partial charge in [-0.05, 0) is 19.3 Å². The third-order valence-corrected chi connectivity index (χ3v) is 3.73. The van der Waals surface area contributed by atoms with E-state index in [4.69, 9.17) is 4.74 Å². The molecule has 2 rings (SSSR count). The normalized spacial score (nSPS) is 20.8. The van der Waals surface area contributed by atoms with Gasteiger partial charge in [-0.25, -0.2) is 4.98 Å². The number of methoxy groups -OCH3 is 1. The molecule has 1 saturated heterocycles. The number of piperidine rings is 1. The smallest absolute Gasteiger partial charge is 0.307 e. The Labute approximate surface area is 99.2 Å². The Kier molecular flexibility index (Phi) is 3.77. The maximum Gasteiger partial charge on any atom is 0.307 e. The second-order valence-electron chi connectivity index (χ2n) is 3.94. The highest BCUT2D eigenvalue weighted by atomic mass is 32.1. The molecule has 5 heteroatoms. The molecule has 0 aliphatic carbocycles. The molecule has 88 valence electrons. The highest BCUT2D eigenvalue weighted by Gasteiger charge is 2.26. The van der Waals surface area contributed by atoms with Gasteiger partial charge in [-0.3, -0.25) is 4.79 Å². The van der Waals surface area contributed by atoms with Crippen LogP contribution in [0.15, 0.2) is 11.6 Å². The predicted molar refractivity (Wildman–Crippen MR) is 63.7 cm³/mol. The highest BCUT2D eigenvalue weighted by molar-refractivity contribution is 7.13. The van der Waals surface area contributed by atoms with E-state index in [1.165, 1.54) is 20.0 Å². The minimum absolute atomic E-state index is 0.131. The molecule has 0 spiro atoms. The monoisotopic (exact) mass is 240 g/mol. The van der Waals surface area contributed by atoms with E-state index >= 15 is 0 Å². The molecule has 1 unspecified atom stereocenters. The lowest BCUT2D eigenvalue weighted by molar-refractivity contribution is -0.141. The number of aromatic nitrogens is 1. The molecule has 1 aliphatic heterocycles. The van der Waals surface area contributed by atoms with Gasteiger partial charge in [0.2, 0.25) is 0 Å². The van der Waals surface area contributed by atoms with Gasteiger partial charge in [-0.2, -0.15) is 0 Å². The van der Waals surface area contributed by atoms with Crippen LogP contribution in [0.5, 0.6) is 0 Å². The molecule has 4 nitrogen and oxygen atoms in total. The largest absolute Gasteiger partial charge is 0.469 e. The van der Waals surface area contributed by atoms with Crippen molar-refractivity contribution in [2.24, 2.45) is 0 Å². The molecule has 16 heavy (non-hydrogen) atoms. The van der Waals surface area contributed by atoms with E-state index in [9.17, 15) is 4.79 Å². The fraction of sp³-hybridized carbons (Fsp3) is 0.636. The van der Waals surface area contributed by atoms with E-state index in [2.05, 4.69) is 9.88 Å². The number of anilines is 1. The van der Waals surface area contributed by atoms with Crippen LogP contribution < -0.4 is 4.90 Å². The van der Waals surface area contributed by atoms with Crippen LogP contribution in [0, 0.1) is 0 Å². The molecule has 1 atom stereocenters. The lowest BCUT2D eigenvalue weighted by atomic mass is 10.0. The number of carbonyl (C=O) groups is 1. The van der Waals surface area contributed by atoms with Crippen LogP contribution in [0.4, 0.5) is 5.13 Å². The zero-order chi connectivity index (χ0) is 11.4. The van der Waals surface area contributed by atoms with Crippen LogP contribution in [0.1, 0.15) is 25.7 Å². The van der Waals surface area contributed by atoms with E-state index in [0.717, 1.165) is 18.1 Å². The third-order valence-electron chi connectivity index (χ3n) is 2.92. The average molecular weight is 240 g/mol. The summed E-state index contributed by atoms with van der Waals surface area (Å²) in [7, 11) is 1.44. The number of nitrogens with zero attached hydrogens (tertiary/aromatic N) is 2. The van der Waals surface area contributed by atoms with Crippen molar-refractivity contribution in [1.29, 1.82) is 0 Å². The summed E-state index contributed by atoms with van der Waals surface area (Å²) in [6, 6.07) is 0.257. The van der Waals surface area contributed by atoms with Crippen molar-refractivity contribution >= 4 is 22.4 Å². The van der Waals surface area contributed by atoms with E-state index in [0.29, 0.717) is 6.42 Å². The van der Waals surface area contributed by atoms with Gasteiger partial charge >= 0.3 is 5.97 Å². The molecule has 0 radical (unpaired) electrons. The quantitative estimate of drug-likeness (QED) is 0.758. The molecule has 0 saturated carbocycles. The summed E-state index contributed by atoms with van der Waals surface area (Å²) >= 11 is 1.63. The van der Waals surface area contributed by atoms with Crippen molar-refractivity contribution in [3.63, 3.8) is 0 Å². The summed E-state index contributed by atoms with van der Waals surface area (Å²) in [5.74, 6) is -0.131. The molecule has 0 bridgehead atoms. The highest BCUT2D eigenvalue weighted by Crippen LogP contribution is 2.28. The summed E-state index contributed by atoms with van der Waals surface area (Å²) < 4.78 is 4.74. The summed E-state index contributed by atoms with van der Waals surface area (Å²) in [6.45, 7) is 0.995. The van der Waals surface area contributed by atoms with Gasteiger partial charge < -0.3 is 9.64 Å². The van der Waals surface area contributed by atoms with Gasteiger partial charge in [0.1, 0.15) is 0 Å². The van der Waals surface area contributed by atoms with Gasteiger partial charge in [0.05, 0.1) is 13.5 Å². The van der Waals surface area contributed by atoms with Crippen molar-refractivity contribution in [3.8, 4) is 0 Å². The van der Waals surface area contributed by atoms with Gasteiger partial charge in [0, 0.05) is 24.2 Å². The standard InChI is InChI=1S/C11H16N2O2S/c1-15-10(14)8-9-4-2-3-6-13(9)11-12-5-7-16-11/h5,7,9H,2-4,6,8H2,1H3. The van der Waals surface area contributed by atoms with Crippen molar-refractivity contribution in [1.82, 2.24) is 4.98 Å². The number of carbonyl (C=O) groups excluding carboxylic acids is 1. The second kappa shape index (κ2) is 5.30. The lowest BCUT2D eigenvalue weighted by Crippen LogP contribution is -2.41. The zero-order valence-electron chi connectivity index (χ0n) is 9.39. The van der Waals surface area contributed by atoms with Crippen molar-refractivity contribution in [2.45, 2.75) is 31.7 Å². The fourth-order valence-corrected chi connectivity index (χ4v) is 2.84. The Morgan fingerprint density at radius 1 is 1.69 bits per heavy atom. The summed E-state index contributed by atoms with van der Waals surface area (Å²) in [4.78, 5) is 17.9. The number of thiazole rings is 1. The first-order valence-electron chi connectivity index (χ1n) is 5.54. The molecule has 1 aromatic rings. The van der Waals surface area contributed by atoms with Crippen LogP contribution in [0.2, 0.25) is 0 Å². The first-order valence-corrected chi connectivity index (χ1v) is 6.42. The van der Waals surface area contributed by atoms with Gasteiger partial charge in [0.25, 0.3) is 0 Å². The Hall–Kier alpha value is -1.10. The Morgan fingerprint density at radius 3 is 3.25 bits per heavy atom. The molecule has 2 heterocycles. The Bertz CT molecular complexity index is 340. The summed E-state index contributed by atoms with van der Waals surface area (Å²) in [6.07, 6.45) is 5.69. The van der Waals surface area contributed by atoms with Crippen LogP contribution in [0.25, 0.3) is 0 Å². The topological polar surface area (TPSA) is 42.4 Å². The molecular weight excluding hydrogens is 224 g/mol. The third kappa shape index (κ3) is 2.52. The van der Waals surface area contributed by atoms with Crippen LogP contribution in [-0.4, -0.2) is 30.6 Å². The number of esters is 1. The number of hydrogen-bond acceptors (Lipinski definition) is 5. The molecule has 1 aromatic heterocycles. The molecule has 0 aromatic carbocycles. The Morgan fingerprint density at radius 2 is 2.56 bits per heavy atom. The second-order valence-corrected chi connectivity index (χ2v) is 4.81. The van der Waals surface area contributed by atoms with E-state index in [1.807, 2.05) is 11.6 Å². The van der Waals surface area contributed by atoms with Crippen LogP contribution >= 0.6 is 11.3 Å². The molecule has 0 N–H and O–H groups in total. The SMILES string of the molecule is COC(=O)CC1CCCCN1c1nccs1. The molecular formula is C11H16N2O2S. The molecule has 1 aliphatic rings. The maximum atomic E-state index is 11.3. The number of ether oxygens (including phenoxy) is 1. The zero-order valence-corrected chi connectivity index (χ0v) is 10.2. The Balaban J connectivity index is 2.05. The van der Waals surface area contributed by atoms with E-state index in [1.54, 1.807) is 11.3 Å². The first-order chi connectivity index (χ1) is 7.81. The minimum Gasteiger partial charge on any atom is -0.469 e. The van der Waals surface area contributed by atoms with Crippen molar-refractivity contribution in [2.75, 3.05) is 18.6 Å². The minimum atomic E-state index is -0.131. The van der Waals surface area contributed by atoms with Gasteiger partial charge in [0.15, 0.2) is 5.13 Å². The summed E-state index contributed by atoms with van der Waals surface area (Å²) in [5, 5.41) is 2.99. The maximum absolute atomic E-state index is 11.3. The summed E-state index contributed by atoms with van der Waals surface area (Å²) in [5.41, 5.74) is 0. The molecule has 1 fully saturated rings. The fourth-order valence-electron chi connectivity index (χ4n) is 2.10. The lowest BCUT2D eigenvalue weighted by Gasteiger charge is -2.34. The van der Waals surface area contributed by atoms with E-state index < -0.39 is 0 Å². The number of rotatable bonds is 3. The number of hydrogen-bond donors (Lipinski definition) is 0. The average Bonchev–Trinajstić information content (AvgIpc) is 2.83. The van der Waals surface area contributed by atoms with Gasteiger partial charge in [-0.1, -0.05) is 0 Å². The van der Waals surface area contributed by atoms with Crippen molar-refractivity contribution in [3.05, 3.63) is 11.6 Å². The first kappa shape index (κ1) is 11.4. The predicted octanol–water partition coefficient (Wildman–Crippen LogP) is 2.07. The van der Waals surface area contributed by atoms with Crippen LogP contribution in [-0.2, 0) is 9.53 Å². The van der Waals surface area contributed by atoms with Crippen LogP contribution in [0.3, 0.4) is 0 Å².